The first-order valence-corrected chi connectivity index (χ1v) is 10.2. The highest BCUT2D eigenvalue weighted by molar-refractivity contribution is 7.18. The highest BCUT2D eigenvalue weighted by Crippen LogP contribution is 2.40. The molecular formula is C22H19N3O2S. The minimum atomic E-state index is -0.135. The fourth-order valence-electron chi connectivity index (χ4n) is 3.95. The van der Waals surface area contributed by atoms with Gasteiger partial charge in [-0.25, -0.2) is 0 Å². The monoisotopic (exact) mass is 389 g/mol. The Labute approximate surface area is 166 Å². The average molecular weight is 389 g/mol. The molecule has 1 aliphatic heterocycles. The van der Waals surface area contributed by atoms with Gasteiger partial charge >= 0.3 is 0 Å². The first-order chi connectivity index (χ1) is 13.7. The van der Waals surface area contributed by atoms with E-state index in [9.17, 15) is 9.59 Å². The van der Waals surface area contributed by atoms with E-state index in [1.165, 1.54) is 22.5 Å². The number of H-pyrrole nitrogens is 1. The van der Waals surface area contributed by atoms with Crippen molar-refractivity contribution in [3.63, 3.8) is 0 Å². The van der Waals surface area contributed by atoms with Crippen molar-refractivity contribution in [3.8, 4) is 0 Å². The molecule has 2 aromatic heterocycles. The summed E-state index contributed by atoms with van der Waals surface area (Å²) in [5, 5.41) is 6.79. The van der Waals surface area contributed by atoms with E-state index in [2.05, 4.69) is 27.8 Å². The number of aryl methyl sites for hydroxylation is 1. The van der Waals surface area contributed by atoms with Crippen molar-refractivity contribution in [2.75, 3.05) is 5.32 Å². The van der Waals surface area contributed by atoms with Crippen molar-refractivity contribution in [2.45, 2.75) is 25.3 Å². The lowest BCUT2D eigenvalue weighted by Gasteiger charge is -2.26. The molecule has 1 aromatic carbocycles. The molecular weight excluding hydrogens is 370 g/mol. The predicted octanol–water partition coefficient (Wildman–Crippen LogP) is 4.38. The third-order valence-electron chi connectivity index (χ3n) is 5.31. The summed E-state index contributed by atoms with van der Waals surface area (Å²) in [6.45, 7) is 0. The normalized spacial score (nSPS) is 19.2. The fraction of sp³-hybridized carbons (Fsp3) is 0.182. The first kappa shape index (κ1) is 17.0. The summed E-state index contributed by atoms with van der Waals surface area (Å²) in [5.41, 5.74) is 4.76. The number of carbonyl (C=O) groups excluding carboxylic acids is 2. The zero-order valence-corrected chi connectivity index (χ0v) is 15.9. The summed E-state index contributed by atoms with van der Waals surface area (Å²) in [7, 11) is 0. The number of fused-ring (bicyclic) bond motifs is 2. The van der Waals surface area contributed by atoms with Gasteiger partial charge < -0.3 is 15.6 Å². The number of aromatic nitrogens is 1. The smallest absolute Gasteiger partial charge is 0.261 e. The molecule has 0 radical (unpaired) electrons. The average Bonchev–Trinajstić information content (AvgIpc) is 3.41. The molecule has 0 saturated heterocycles. The number of aromatic amines is 1. The molecule has 2 aliphatic rings. The van der Waals surface area contributed by atoms with Crippen LogP contribution in [-0.4, -0.2) is 16.8 Å². The highest BCUT2D eigenvalue weighted by atomic mass is 32.1. The van der Waals surface area contributed by atoms with Gasteiger partial charge in [-0.05, 0) is 54.7 Å². The standard InChI is InChI=1S/C22H19N3O2S/c26-20-16(11-14-7-4-10-23-14)17-12-19(28-22(17)25-20)21(27)24-18-9-3-6-13-5-1-2-8-15(13)18/h1-2,4-5,7-8,10-12,18,23H,3,6,9H2,(H,24,27)(H,25,26). The van der Waals surface area contributed by atoms with E-state index in [-0.39, 0.29) is 17.9 Å². The van der Waals surface area contributed by atoms with E-state index in [1.54, 1.807) is 0 Å². The summed E-state index contributed by atoms with van der Waals surface area (Å²) < 4.78 is 0. The van der Waals surface area contributed by atoms with E-state index in [0.717, 1.165) is 35.5 Å². The van der Waals surface area contributed by atoms with E-state index in [0.29, 0.717) is 10.5 Å². The van der Waals surface area contributed by atoms with E-state index >= 15 is 0 Å². The molecule has 1 unspecified atom stereocenters. The van der Waals surface area contributed by atoms with Crippen molar-refractivity contribution >= 4 is 39.8 Å². The number of hydrogen-bond acceptors (Lipinski definition) is 3. The lowest BCUT2D eigenvalue weighted by molar-refractivity contribution is -0.110. The molecule has 3 heterocycles. The summed E-state index contributed by atoms with van der Waals surface area (Å²) in [5.74, 6) is -0.224. The van der Waals surface area contributed by atoms with Gasteiger partial charge in [0.15, 0.2) is 0 Å². The molecule has 0 bridgehead atoms. The minimum absolute atomic E-state index is 0.0397. The van der Waals surface area contributed by atoms with Gasteiger partial charge in [0.2, 0.25) is 0 Å². The topological polar surface area (TPSA) is 74.0 Å². The van der Waals surface area contributed by atoms with Gasteiger partial charge in [0.1, 0.15) is 5.00 Å². The van der Waals surface area contributed by atoms with Crippen molar-refractivity contribution < 1.29 is 9.59 Å². The number of amides is 2. The Bertz CT molecular complexity index is 1090. The maximum atomic E-state index is 12.9. The van der Waals surface area contributed by atoms with Gasteiger partial charge in [-0.15, -0.1) is 11.3 Å². The van der Waals surface area contributed by atoms with Gasteiger partial charge in [-0.1, -0.05) is 24.3 Å². The number of nitrogens with one attached hydrogen (secondary N) is 3. The summed E-state index contributed by atoms with van der Waals surface area (Å²) >= 11 is 1.33. The first-order valence-electron chi connectivity index (χ1n) is 9.38. The molecule has 1 aliphatic carbocycles. The number of benzene rings is 1. The number of rotatable bonds is 3. The molecule has 3 N–H and O–H groups in total. The number of anilines is 1. The zero-order chi connectivity index (χ0) is 19.1. The van der Waals surface area contributed by atoms with Crippen molar-refractivity contribution in [1.82, 2.24) is 10.3 Å². The Balaban J connectivity index is 1.40. The largest absolute Gasteiger partial charge is 0.362 e. The predicted molar refractivity (Wildman–Crippen MR) is 111 cm³/mol. The molecule has 5 nitrogen and oxygen atoms in total. The lowest BCUT2D eigenvalue weighted by atomic mass is 9.88. The molecule has 0 saturated carbocycles. The second-order valence-electron chi connectivity index (χ2n) is 7.11. The molecule has 2 amide bonds. The molecule has 5 rings (SSSR count). The quantitative estimate of drug-likeness (QED) is 0.582. The van der Waals surface area contributed by atoms with Crippen LogP contribution in [0.25, 0.3) is 11.6 Å². The van der Waals surface area contributed by atoms with Crippen molar-refractivity contribution in [3.05, 3.63) is 75.9 Å². The summed E-state index contributed by atoms with van der Waals surface area (Å²) in [6.07, 6.45) is 6.71. The van der Waals surface area contributed by atoms with Crippen LogP contribution in [0.4, 0.5) is 5.00 Å². The summed E-state index contributed by atoms with van der Waals surface area (Å²) in [4.78, 5) is 28.9. The van der Waals surface area contributed by atoms with Gasteiger partial charge in [-0.2, -0.15) is 0 Å². The SMILES string of the molecule is O=C1Nc2sc(C(=O)NC3CCCc4ccccc43)cc2C1=Cc1ccc[nH]1. The fourth-order valence-corrected chi connectivity index (χ4v) is 4.93. The maximum Gasteiger partial charge on any atom is 0.261 e. The molecule has 0 fully saturated rings. The van der Waals surface area contributed by atoms with E-state index in [1.807, 2.05) is 42.6 Å². The molecule has 140 valence electrons. The third-order valence-corrected chi connectivity index (χ3v) is 6.36. The number of carbonyl (C=O) groups is 2. The second kappa shape index (κ2) is 6.80. The highest BCUT2D eigenvalue weighted by Gasteiger charge is 2.29. The van der Waals surface area contributed by atoms with Crippen molar-refractivity contribution in [1.29, 1.82) is 0 Å². The lowest BCUT2D eigenvalue weighted by Crippen LogP contribution is -2.30. The van der Waals surface area contributed by atoms with Crippen molar-refractivity contribution in [2.24, 2.45) is 0 Å². The maximum absolute atomic E-state index is 12.9. The molecule has 0 spiro atoms. The van der Waals surface area contributed by atoms with Crippen LogP contribution in [0.2, 0.25) is 0 Å². The van der Waals surface area contributed by atoms with Crippen LogP contribution in [0.1, 0.15) is 50.9 Å². The zero-order valence-electron chi connectivity index (χ0n) is 15.1. The number of hydrogen-bond donors (Lipinski definition) is 3. The van der Waals surface area contributed by atoms with Gasteiger partial charge in [-0.3, -0.25) is 9.59 Å². The van der Waals surface area contributed by atoms with Crippen LogP contribution in [0, 0.1) is 0 Å². The van der Waals surface area contributed by atoms with Crippen LogP contribution < -0.4 is 10.6 Å². The van der Waals surface area contributed by atoms with Crippen LogP contribution in [0.15, 0.2) is 48.7 Å². The molecule has 28 heavy (non-hydrogen) atoms. The second-order valence-corrected chi connectivity index (χ2v) is 8.16. The van der Waals surface area contributed by atoms with Crippen LogP contribution in [0.5, 0.6) is 0 Å². The minimum Gasteiger partial charge on any atom is -0.362 e. The van der Waals surface area contributed by atoms with Gasteiger partial charge in [0, 0.05) is 17.5 Å². The Morgan fingerprint density at radius 2 is 2.11 bits per heavy atom. The summed E-state index contributed by atoms with van der Waals surface area (Å²) in [6, 6.07) is 14.0. The molecule has 1 atom stereocenters. The Hall–Kier alpha value is -3.12. The molecule has 6 heteroatoms. The number of thiophene rings is 1. The molecule has 3 aromatic rings. The van der Waals surface area contributed by atoms with Crippen LogP contribution in [-0.2, 0) is 11.2 Å². The van der Waals surface area contributed by atoms with Crippen LogP contribution in [0.3, 0.4) is 0 Å². The van der Waals surface area contributed by atoms with Gasteiger partial charge in [0.05, 0.1) is 16.5 Å². The van der Waals surface area contributed by atoms with E-state index in [4.69, 9.17) is 0 Å². The Kier molecular flexibility index (Phi) is 4.13. The third kappa shape index (κ3) is 2.96. The van der Waals surface area contributed by atoms with Gasteiger partial charge in [0.25, 0.3) is 11.8 Å². The Morgan fingerprint density at radius 3 is 2.96 bits per heavy atom. The Morgan fingerprint density at radius 1 is 1.21 bits per heavy atom. The van der Waals surface area contributed by atoms with Crippen LogP contribution >= 0.6 is 11.3 Å². The van der Waals surface area contributed by atoms with E-state index < -0.39 is 0 Å².